The van der Waals surface area contributed by atoms with Crippen molar-refractivity contribution in [1.82, 2.24) is 0 Å². The van der Waals surface area contributed by atoms with Gasteiger partial charge in [0.1, 0.15) is 0 Å². The zero-order valence-electron chi connectivity index (χ0n) is 22.6. The van der Waals surface area contributed by atoms with E-state index in [0.29, 0.717) is 12.3 Å². The molecular weight excluding hydrogens is 440 g/mol. The molecule has 1 aliphatic heterocycles. The largest absolute Gasteiger partial charge is 0.481 e. The highest BCUT2D eigenvalue weighted by atomic mass is 16.5. The van der Waals surface area contributed by atoms with Gasteiger partial charge in [-0.15, -0.1) is 0 Å². The lowest BCUT2D eigenvalue weighted by molar-refractivity contribution is -0.205. The molecule has 5 fully saturated rings. The van der Waals surface area contributed by atoms with Gasteiger partial charge in [0.15, 0.2) is 5.78 Å². The quantitative estimate of drug-likeness (QED) is 0.521. The van der Waals surface area contributed by atoms with Crippen LogP contribution in [0.2, 0.25) is 0 Å². The molecule has 194 valence electrons. The van der Waals surface area contributed by atoms with Gasteiger partial charge in [0.2, 0.25) is 0 Å². The van der Waals surface area contributed by atoms with E-state index in [4.69, 9.17) is 4.74 Å². The molecule has 2 bridgehead atoms. The molecule has 4 saturated carbocycles. The Morgan fingerprint density at radius 2 is 1.63 bits per heavy atom. The van der Waals surface area contributed by atoms with E-state index in [1.807, 2.05) is 13.0 Å². The second kappa shape index (κ2) is 6.62. The number of ether oxygens (including phenoxy) is 1. The molecule has 6 aliphatic rings. The molecule has 5 heteroatoms. The van der Waals surface area contributed by atoms with Gasteiger partial charge in [-0.1, -0.05) is 47.1 Å². The molecule has 5 aliphatic carbocycles. The van der Waals surface area contributed by atoms with Crippen molar-refractivity contribution >= 4 is 11.8 Å². The Kier molecular flexibility index (Phi) is 4.57. The second-order valence-electron chi connectivity index (χ2n) is 15.2. The zero-order chi connectivity index (χ0) is 25.6. The lowest BCUT2D eigenvalue weighted by Crippen LogP contribution is -2.67. The summed E-state index contributed by atoms with van der Waals surface area (Å²) in [6.07, 6.45) is 7.23. The summed E-state index contributed by atoms with van der Waals surface area (Å²) in [4.78, 5) is 26.7. The summed E-state index contributed by atoms with van der Waals surface area (Å²) in [5, 5.41) is 21.1. The highest BCUT2D eigenvalue weighted by Gasteiger charge is 2.74. The standard InChI is InChI=1S/C30H44O5/c1-25(2)19-8-11-29(6)23(26(19,3)10-9-20(25)32)18(31)12-16-17-13-28(5,24(33)34)21-14-27(17,4)22(35-21)15-30(16,29)7/h12,17,19-23,32H,8-11,13-15H2,1-7H3,(H,33,34)/t17-,19?,20-,21+,22+,23?,26-,27-,28+,29+,30+/m0/s1. The van der Waals surface area contributed by atoms with Crippen LogP contribution in [-0.2, 0) is 14.3 Å². The van der Waals surface area contributed by atoms with Crippen molar-refractivity contribution < 1.29 is 24.5 Å². The van der Waals surface area contributed by atoms with Crippen LogP contribution in [0.4, 0.5) is 0 Å². The van der Waals surface area contributed by atoms with Gasteiger partial charge in [0, 0.05) is 11.3 Å². The third-order valence-electron chi connectivity index (χ3n) is 13.5. The molecule has 35 heavy (non-hydrogen) atoms. The molecule has 0 amide bonds. The predicted octanol–water partition coefficient (Wildman–Crippen LogP) is 5.40. The first-order valence-corrected chi connectivity index (χ1v) is 13.9. The fourth-order valence-electron chi connectivity index (χ4n) is 11.0. The maximum absolute atomic E-state index is 14.3. The van der Waals surface area contributed by atoms with Crippen molar-refractivity contribution in [3.8, 4) is 0 Å². The Labute approximate surface area is 210 Å². The summed E-state index contributed by atoms with van der Waals surface area (Å²) in [7, 11) is 0. The Morgan fingerprint density at radius 1 is 0.943 bits per heavy atom. The molecule has 2 unspecified atom stereocenters. The number of carbonyl (C=O) groups excluding carboxylic acids is 1. The van der Waals surface area contributed by atoms with E-state index >= 15 is 0 Å². The second-order valence-corrected chi connectivity index (χ2v) is 15.2. The molecule has 6 rings (SSSR count). The number of aliphatic hydroxyl groups excluding tert-OH is 1. The van der Waals surface area contributed by atoms with E-state index in [-0.39, 0.29) is 63.0 Å². The van der Waals surface area contributed by atoms with Gasteiger partial charge in [-0.25, -0.2) is 0 Å². The number of hydrogen-bond acceptors (Lipinski definition) is 4. The van der Waals surface area contributed by atoms with Gasteiger partial charge in [-0.05, 0) is 91.4 Å². The minimum atomic E-state index is -0.918. The van der Waals surface area contributed by atoms with Crippen LogP contribution in [0.5, 0.6) is 0 Å². The average Bonchev–Trinajstić information content (AvgIpc) is 3.07. The lowest BCUT2D eigenvalue weighted by Gasteiger charge is -2.70. The molecule has 1 saturated heterocycles. The summed E-state index contributed by atoms with van der Waals surface area (Å²) in [6, 6.07) is 0. The van der Waals surface area contributed by atoms with Crippen LogP contribution in [0.3, 0.4) is 0 Å². The van der Waals surface area contributed by atoms with Gasteiger partial charge in [0.05, 0.1) is 23.7 Å². The van der Waals surface area contributed by atoms with Crippen molar-refractivity contribution in [2.24, 2.45) is 50.2 Å². The van der Waals surface area contributed by atoms with E-state index in [2.05, 4.69) is 41.5 Å². The summed E-state index contributed by atoms with van der Waals surface area (Å²) >= 11 is 0. The van der Waals surface area contributed by atoms with Crippen molar-refractivity contribution in [2.45, 2.75) is 112 Å². The summed E-state index contributed by atoms with van der Waals surface area (Å²) in [6.45, 7) is 15.6. The van der Waals surface area contributed by atoms with E-state index < -0.39 is 11.4 Å². The number of aliphatic carboxylic acids is 1. The number of carboxylic acids is 1. The number of aliphatic hydroxyl groups is 1. The molecule has 5 nitrogen and oxygen atoms in total. The Balaban J connectivity index is 1.50. The topological polar surface area (TPSA) is 83.8 Å². The first kappa shape index (κ1) is 24.2. The maximum Gasteiger partial charge on any atom is 0.312 e. The van der Waals surface area contributed by atoms with Crippen molar-refractivity contribution in [3.05, 3.63) is 11.6 Å². The van der Waals surface area contributed by atoms with Crippen molar-refractivity contribution in [3.63, 3.8) is 0 Å². The smallest absolute Gasteiger partial charge is 0.312 e. The number of carbonyl (C=O) groups is 2. The van der Waals surface area contributed by atoms with Gasteiger partial charge < -0.3 is 14.9 Å². The maximum atomic E-state index is 14.3. The number of carboxylic acid groups (broad SMARTS) is 1. The Bertz CT molecular complexity index is 1050. The molecule has 0 spiro atoms. The minimum absolute atomic E-state index is 0.0293. The van der Waals surface area contributed by atoms with Crippen LogP contribution in [0.1, 0.15) is 93.4 Å². The first-order chi connectivity index (χ1) is 16.1. The van der Waals surface area contributed by atoms with Crippen LogP contribution in [0.15, 0.2) is 11.6 Å². The monoisotopic (exact) mass is 484 g/mol. The highest BCUT2D eigenvalue weighted by molar-refractivity contribution is 5.95. The van der Waals surface area contributed by atoms with Gasteiger partial charge in [-0.2, -0.15) is 0 Å². The van der Waals surface area contributed by atoms with Crippen molar-refractivity contribution in [1.29, 1.82) is 0 Å². The third kappa shape index (κ3) is 2.53. The van der Waals surface area contributed by atoms with E-state index in [1.165, 1.54) is 5.57 Å². The van der Waals surface area contributed by atoms with Gasteiger partial charge in [0.25, 0.3) is 0 Å². The fraction of sp³-hybridized carbons (Fsp3) is 0.867. The van der Waals surface area contributed by atoms with Crippen LogP contribution < -0.4 is 0 Å². The third-order valence-corrected chi connectivity index (χ3v) is 13.5. The van der Waals surface area contributed by atoms with Gasteiger partial charge in [-0.3, -0.25) is 9.59 Å². The number of allylic oxidation sites excluding steroid dienone is 2. The molecule has 11 atom stereocenters. The molecular formula is C30H44O5. The first-order valence-electron chi connectivity index (χ1n) is 13.9. The fourth-order valence-corrected chi connectivity index (χ4v) is 11.0. The molecule has 0 radical (unpaired) electrons. The van der Waals surface area contributed by atoms with Crippen LogP contribution in [-0.4, -0.2) is 40.3 Å². The number of hydrogen-bond donors (Lipinski definition) is 2. The average molecular weight is 485 g/mol. The highest BCUT2D eigenvalue weighted by Crippen LogP contribution is 2.76. The molecule has 2 N–H and O–H groups in total. The van der Waals surface area contributed by atoms with E-state index in [0.717, 1.165) is 38.5 Å². The molecule has 0 aromatic rings. The Morgan fingerprint density at radius 3 is 2.29 bits per heavy atom. The van der Waals surface area contributed by atoms with E-state index in [9.17, 15) is 19.8 Å². The summed E-state index contributed by atoms with van der Waals surface area (Å²) in [5.74, 6) is -0.241. The minimum Gasteiger partial charge on any atom is -0.481 e. The SMILES string of the molecule is CC1(C)C2CC[C@]3(C)C(C(=O)C=C4[C@@H]5C[C@@](C)(C(=O)O)[C@H]6C[C@]5(C)[C@@H](C[C@]43C)O6)[C@@]2(C)CC[C@@H]1O. The van der Waals surface area contributed by atoms with Crippen LogP contribution in [0, 0.1) is 50.2 Å². The summed E-state index contributed by atoms with van der Waals surface area (Å²) in [5.41, 5.74) is -0.570. The molecule has 0 aromatic heterocycles. The summed E-state index contributed by atoms with van der Waals surface area (Å²) < 4.78 is 6.65. The predicted molar refractivity (Wildman–Crippen MR) is 132 cm³/mol. The van der Waals surface area contributed by atoms with Gasteiger partial charge >= 0.3 is 5.97 Å². The molecule has 0 aromatic carbocycles. The number of ketones is 1. The zero-order valence-corrected chi connectivity index (χ0v) is 22.6. The number of fused-ring (bicyclic) bond motifs is 7. The van der Waals surface area contributed by atoms with Crippen LogP contribution in [0.25, 0.3) is 0 Å². The number of rotatable bonds is 1. The van der Waals surface area contributed by atoms with Crippen molar-refractivity contribution in [2.75, 3.05) is 0 Å². The van der Waals surface area contributed by atoms with E-state index in [1.54, 1.807) is 0 Å². The molecule has 1 heterocycles. The Hall–Kier alpha value is -1.20. The normalized spacial score (nSPS) is 58.1. The van der Waals surface area contributed by atoms with Crippen LogP contribution >= 0.6 is 0 Å². The lowest BCUT2D eigenvalue weighted by atomic mass is 9.33.